The molecule has 7 rings (SSSR count). The fourth-order valence-electron chi connectivity index (χ4n) is 5.70. The van der Waals surface area contributed by atoms with Crippen LogP contribution in [0.15, 0.2) is 30.3 Å². The first-order valence-corrected chi connectivity index (χ1v) is 13.9. The highest BCUT2D eigenvalue weighted by Gasteiger charge is 2.33. The van der Waals surface area contributed by atoms with E-state index in [9.17, 15) is 26.3 Å². The van der Waals surface area contributed by atoms with Gasteiger partial charge in [0.1, 0.15) is 0 Å². The van der Waals surface area contributed by atoms with E-state index in [1.54, 1.807) is 25.1 Å². The summed E-state index contributed by atoms with van der Waals surface area (Å²) in [6.07, 6.45) is 3.74. The Kier molecular flexibility index (Phi) is 7.07. The van der Waals surface area contributed by atoms with Crippen molar-refractivity contribution in [3.05, 3.63) is 117 Å². The summed E-state index contributed by atoms with van der Waals surface area (Å²) in [4.78, 5) is 14.6. The van der Waals surface area contributed by atoms with Gasteiger partial charge < -0.3 is 9.97 Å². The van der Waals surface area contributed by atoms with E-state index >= 15 is 17.6 Å². The van der Waals surface area contributed by atoms with Crippen molar-refractivity contribution >= 4 is 45.9 Å². The first-order chi connectivity index (χ1) is 22.8. The minimum Gasteiger partial charge on any atom is -0.355 e. The molecule has 5 heterocycles. The molecular formula is C34H16F10N4. The third kappa shape index (κ3) is 4.61. The van der Waals surface area contributed by atoms with E-state index in [2.05, 4.69) is 19.9 Å². The number of fused-ring (bicyclic) bond motifs is 8. The van der Waals surface area contributed by atoms with Crippen LogP contribution in [0.4, 0.5) is 43.9 Å². The number of nitrogens with zero attached hydrogens (tertiary/aromatic N) is 2. The SMILES string of the molecule is CC1=Cc2nc1c(-c1c(F)c(F)c(F)c(F)c1F)c1ccc(cc3cc(C)c(cc4nc(c2-c2c(F)c(F)c(F)c(F)c2F)C=C4)[nH]3)[nH]1. The number of aromatic amines is 2. The summed E-state index contributed by atoms with van der Waals surface area (Å²) < 4.78 is 148. The Morgan fingerprint density at radius 1 is 0.479 bits per heavy atom. The second-order valence-corrected chi connectivity index (χ2v) is 11.0. The van der Waals surface area contributed by atoms with Crippen LogP contribution in [-0.2, 0) is 0 Å². The maximum absolute atomic E-state index is 15.4. The van der Waals surface area contributed by atoms with Crippen LogP contribution >= 0.6 is 0 Å². The highest BCUT2D eigenvalue weighted by Crippen LogP contribution is 2.42. The Balaban J connectivity index is 1.75. The predicted octanol–water partition coefficient (Wildman–Crippen LogP) is 10.1. The molecule has 3 aromatic heterocycles. The van der Waals surface area contributed by atoms with Crippen molar-refractivity contribution in [3.63, 3.8) is 0 Å². The van der Waals surface area contributed by atoms with Crippen molar-refractivity contribution in [3.8, 4) is 22.3 Å². The van der Waals surface area contributed by atoms with E-state index in [0.717, 1.165) is 6.08 Å². The summed E-state index contributed by atoms with van der Waals surface area (Å²) in [5, 5.41) is 0. The summed E-state index contributed by atoms with van der Waals surface area (Å²) >= 11 is 0. The normalized spacial score (nSPS) is 12.6. The summed E-state index contributed by atoms with van der Waals surface area (Å²) in [6, 6.07) is 7.64. The zero-order chi connectivity index (χ0) is 34.3. The molecule has 0 spiro atoms. The number of hydrogen-bond acceptors (Lipinski definition) is 2. The van der Waals surface area contributed by atoms with E-state index in [-0.39, 0.29) is 22.5 Å². The molecule has 2 aliphatic rings. The molecule has 0 fully saturated rings. The standard InChI is InChI=1S/C34H16F10N4/c1-11-7-15-9-13-3-6-17(45-13)21(23-26(37)30(41)33(44)31(42)27(23)38)34-12(2)8-19(48-34)20(16-5-4-14(46-16)10-18(11)47-15)22-24(35)28(39)32(43)29(40)25(22)36/h3-10,45,47H,1-2H3. The minimum atomic E-state index is -2.42. The van der Waals surface area contributed by atoms with Crippen LogP contribution in [0.5, 0.6) is 0 Å². The van der Waals surface area contributed by atoms with E-state index in [1.807, 2.05) is 0 Å². The molecule has 14 heteroatoms. The number of aryl methyl sites for hydroxylation is 1. The van der Waals surface area contributed by atoms with Crippen LogP contribution in [0.2, 0.25) is 0 Å². The van der Waals surface area contributed by atoms with Gasteiger partial charge in [-0.25, -0.2) is 53.9 Å². The average molecular weight is 671 g/mol. The van der Waals surface area contributed by atoms with Gasteiger partial charge in [-0.05, 0) is 73.5 Å². The number of halogens is 10. The topological polar surface area (TPSA) is 57.4 Å². The molecule has 2 aromatic carbocycles. The first-order valence-electron chi connectivity index (χ1n) is 13.9. The Bertz CT molecular complexity index is 2430. The number of allylic oxidation sites excluding steroid dienone is 1. The van der Waals surface area contributed by atoms with Crippen LogP contribution in [-0.4, -0.2) is 19.9 Å². The van der Waals surface area contributed by atoms with Gasteiger partial charge in [-0.3, -0.25) is 0 Å². The molecular weight excluding hydrogens is 654 g/mol. The molecule has 0 aliphatic carbocycles. The van der Waals surface area contributed by atoms with Gasteiger partial charge in [0.05, 0.1) is 33.9 Å². The number of nitrogens with one attached hydrogen (secondary N) is 2. The molecule has 2 aliphatic heterocycles. The second kappa shape index (κ2) is 11.0. The Labute approximate surface area is 262 Å². The number of benzene rings is 2. The van der Waals surface area contributed by atoms with Crippen LogP contribution in [0.25, 0.3) is 68.1 Å². The number of hydrogen-bond donors (Lipinski definition) is 2. The fraction of sp³-hybridized carbons (Fsp3) is 0.0588. The summed E-state index contributed by atoms with van der Waals surface area (Å²) in [5.41, 5.74) is -3.32. The zero-order valence-corrected chi connectivity index (χ0v) is 24.3. The van der Waals surface area contributed by atoms with Crippen molar-refractivity contribution in [2.75, 3.05) is 0 Å². The maximum atomic E-state index is 15.4. The lowest BCUT2D eigenvalue weighted by atomic mass is 9.98. The molecule has 2 N–H and O–H groups in total. The van der Waals surface area contributed by atoms with E-state index in [4.69, 9.17) is 0 Å². The zero-order valence-electron chi connectivity index (χ0n) is 24.3. The Hall–Kier alpha value is -5.66. The van der Waals surface area contributed by atoms with Crippen molar-refractivity contribution in [1.29, 1.82) is 0 Å². The second-order valence-electron chi connectivity index (χ2n) is 11.0. The van der Waals surface area contributed by atoms with Gasteiger partial charge in [0.25, 0.3) is 0 Å². The van der Waals surface area contributed by atoms with Gasteiger partial charge in [-0.15, -0.1) is 0 Å². The van der Waals surface area contributed by atoms with Gasteiger partial charge in [0, 0.05) is 33.2 Å². The monoisotopic (exact) mass is 670 g/mol. The predicted molar refractivity (Wildman–Crippen MR) is 159 cm³/mol. The van der Waals surface area contributed by atoms with Gasteiger partial charge in [0.2, 0.25) is 11.6 Å². The summed E-state index contributed by atoms with van der Waals surface area (Å²) in [5.74, 6) is -22.7. The molecule has 0 radical (unpaired) electrons. The van der Waals surface area contributed by atoms with Gasteiger partial charge in [0.15, 0.2) is 46.5 Å². The first kappa shape index (κ1) is 31.0. The van der Waals surface area contributed by atoms with E-state index in [1.165, 1.54) is 31.2 Å². The van der Waals surface area contributed by atoms with E-state index < -0.39 is 91.8 Å². The van der Waals surface area contributed by atoms with Crippen LogP contribution in [0, 0.1) is 65.1 Å². The minimum absolute atomic E-state index is 0.0303. The summed E-state index contributed by atoms with van der Waals surface area (Å²) in [7, 11) is 0. The maximum Gasteiger partial charge on any atom is 0.200 e. The summed E-state index contributed by atoms with van der Waals surface area (Å²) in [6.45, 7) is 3.05. The van der Waals surface area contributed by atoms with Gasteiger partial charge >= 0.3 is 0 Å². The van der Waals surface area contributed by atoms with Crippen molar-refractivity contribution in [2.45, 2.75) is 13.8 Å². The number of rotatable bonds is 2. The van der Waals surface area contributed by atoms with Gasteiger partial charge in [-0.2, -0.15) is 0 Å². The Morgan fingerprint density at radius 3 is 1.62 bits per heavy atom. The van der Waals surface area contributed by atoms with E-state index in [0.29, 0.717) is 22.1 Å². The lowest BCUT2D eigenvalue weighted by Crippen LogP contribution is -2.06. The molecule has 0 amide bonds. The largest absolute Gasteiger partial charge is 0.355 e. The molecule has 0 saturated carbocycles. The molecule has 48 heavy (non-hydrogen) atoms. The lowest BCUT2D eigenvalue weighted by molar-refractivity contribution is 0.381. The third-order valence-electron chi connectivity index (χ3n) is 7.95. The van der Waals surface area contributed by atoms with Gasteiger partial charge in [-0.1, -0.05) is 0 Å². The van der Waals surface area contributed by atoms with Crippen molar-refractivity contribution < 1.29 is 43.9 Å². The highest BCUT2D eigenvalue weighted by molar-refractivity contribution is 5.98. The van der Waals surface area contributed by atoms with Crippen molar-refractivity contribution in [1.82, 2.24) is 19.9 Å². The number of aromatic nitrogens is 4. The third-order valence-corrected chi connectivity index (χ3v) is 7.95. The molecule has 242 valence electrons. The van der Waals surface area contributed by atoms with Crippen LogP contribution < -0.4 is 0 Å². The Morgan fingerprint density at radius 2 is 1.02 bits per heavy atom. The number of H-pyrrole nitrogens is 2. The lowest BCUT2D eigenvalue weighted by Gasteiger charge is -2.11. The average Bonchev–Trinajstić information content (AvgIpc) is 3.86. The van der Waals surface area contributed by atoms with Crippen LogP contribution in [0.3, 0.4) is 0 Å². The molecule has 8 bridgehead atoms. The highest BCUT2D eigenvalue weighted by atomic mass is 19.2. The van der Waals surface area contributed by atoms with Crippen molar-refractivity contribution in [2.24, 2.45) is 0 Å². The molecule has 5 aromatic rings. The molecule has 4 nitrogen and oxygen atoms in total. The van der Waals surface area contributed by atoms with Crippen LogP contribution in [0.1, 0.15) is 35.3 Å². The fourth-order valence-corrected chi connectivity index (χ4v) is 5.70. The molecule has 0 atom stereocenters. The quantitative estimate of drug-likeness (QED) is 0.110. The molecule has 0 unspecified atom stereocenters. The smallest absolute Gasteiger partial charge is 0.200 e. The molecule has 0 saturated heterocycles.